The fourth-order valence-corrected chi connectivity index (χ4v) is 2.24. The molecule has 0 aliphatic heterocycles. The first-order valence-corrected chi connectivity index (χ1v) is 7.76. The molecule has 1 unspecified atom stereocenters. The van der Waals surface area contributed by atoms with Gasteiger partial charge in [0.05, 0.1) is 23.1 Å². The van der Waals surface area contributed by atoms with E-state index < -0.39 is 17.9 Å². The van der Waals surface area contributed by atoms with Crippen LogP contribution in [0.15, 0.2) is 24.7 Å². The Labute approximate surface area is 149 Å². The first-order chi connectivity index (χ1) is 11.8. The van der Waals surface area contributed by atoms with E-state index in [0.717, 1.165) is 0 Å². The average Bonchev–Trinajstić information content (AvgIpc) is 2.52. The van der Waals surface area contributed by atoms with Crippen molar-refractivity contribution in [2.75, 3.05) is 10.6 Å². The molecule has 0 aromatic carbocycles. The lowest BCUT2D eigenvalue weighted by atomic mass is 10.0. The molecule has 9 nitrogen and oxygen atoms in total. The molecule has 0 bridgehead atoms. The summed E-state index contributed by atoms with van der Waals surface area (Å²) < 4.78 is 0. The van der Waals surface area contributed by atoms with Crippen LogP contribution in [0.2, 0.25) is 5.02 Å². The topological polar surface area (TPSA) is 149 Å². The van der Waals surface area contributed by atoms with Crippen molar-refractivity contribution in [3.8, 4) is 0 Å². The van der Waals surface area contributed by atoms with Crippen molar-refractivity contribution >= 4 is 40.7 Å². The molecule has 0 radical (unpaired) electrons. The Bertz CT molecular complexity index is 797. The Hall–Kier alpha value is -2.94. The third kappa shape index (κ3) is 4.77. The second-order valence-corrected chi connectivity index (χ2v) is 6.04. The molecule has 10 heteroatoms. The summed E-state index contributed by atoms with van der Waals surface area (Å²) in [4.78, 5) is 35.3. The lowest BCUT2D eigenvalue weighted by Gasteiger charge is -2.20. The fraction of sp³-hybridized carbons (Fsp3) is 0.267. The van der Waals surface area contributed by atoms with E-state index in [-0.39, 0.29) is 23.2 Å². The summed E-state index contributed by atoms with van der Waals surface area (Å²) in [5.41, 5.74) is 11.1. The highest BCUT2D eigenvalue weighted by Gasteiger charge is 2.21. The van der Waals surface area contributed by atoms with Crippen molar-refractivity contribution in [3.05, 3.63) is 35.4 Å². The van der Waals surface area contributed by atoms with Gasteiger partial charge >= 0.3 is 0 Å². The van der Waals surface area contributed by atoms with Gasteiger partial charge in [0.1, 0.15) is 11.9 Å². The number of hydrogen-bond donors (Lipinski definition) is 4. The van der Waals surface area contributed by atoms with Gasteiger partial charge in [-0.2, -0.15) is 0 Å². The third-order valence-electron chi connectivity index (χ3n) is 3.25. The number of nitrogens with one attached hydrogen (secondary N) is 2. The number of nitrogens with zero attached hydrogens (tertiary/aromatic N) is 3. The number of carbonyl (C=O) groups excluding carboxylic acids is 2. The van der Waals surface area contributed by atoms with E-state index in [9.17, 15) is 9.59 Å². The van der Waals surface area contributed by atoms with Crippen LogP contribution in [0.1, 0.15) is 24.3 Å². The molecule has 0 aliphatic carbocycles. The lowest BCUT2D eigenvalue weighted by Crippen LogP contribution is -2.39. The van der Waals surface area contributed by atoms with Crippen molar-refractivity contribution in [3.63, 3.8) is 0 Å². The second-order valence-electron chi connectivity index (χ2n) is 5.60. The summed E-state index contributed by atoms with van der Waals surface area (Å²) in [7, 11) is 0. The molecule has 0 spiro atoms. The first kappa shape index (κ1) is 18.4. The number of amides is 2. The molecular weight excluding hydrogens is 346 g/mol. The van der Waals surface area contributed by atoms with Crippen LogP contribution in [0.3, 0.4) is 0 Å². The van der Waals surface area contributed by atoms with Crippen molar-refractivity contribution in [2.45, 2.75) is 19.9 Å². The Balaban J connectivity index is 2.36. The minimum atomic E-state index is -0.758. The normalized spacial score (nSPS) is 11.8. The van der Waals surface area contributed by atoms with Crippen LogP contribution in [0, 0.1) is 5.92 Å². The molecule has 2 aromatic rings. The molecular formula is C15H18ClN7O2. The van der Waals surface area contributed by atoms with Gasteiger partial charge in [-0.05, 0) is 12.0 Å². The molecule has 2 rings (SSSR count). The highest BCUT2D eigenvalue weighted by molar-refractivity contribution is 6.30. The lowest BCUT2D eigenvalue weighted by molar-refractivity contribution is -0.119. The number of pyridine rings is 1. The van der Waals surface area contributed by atoms with Gasteiger partial charge in [0.15, 0.2) is 11.5 Å². The summed E-state index contributed by atoms with van der Waals surface area (Å²) in [5.74, 6) is -0.978. The van der Waals surface area contributed by atoms with Crippen molar-refractivity contribution in [1.82, 2.24) is 15.0 Å². The molecule has 25 heavy (non-hydrogen) atoms. The SMILES string of the molecule is CC(C)C(Nc1cnc(C(N)=O)c(Nc2cncc(Cl)c2)n1)C(N)=O. The van der Waals surface area contributed by atoms with Crippen LogP contribution in [-0.2, 0) is 4.79 Å². The van der Waals surface area contributed by atoms with Gasteiger partial charge in [-0.25, -0.2) is 9.97 Å². The quantitative estimate of drug-likeness (QED) is 0.578. The molecule has 1 atom stereocenters. The minimum absolute atomic E-state index is 0.0642. The van der Waals surface area contributed by atoms with E-state index >= 15 is 0 Å². The molecule has 0 saturated heterocycles. The first-order valence-electron chi connectivity index (χ1n) is 7.38. The number of aromatic nitrogens is 3. The van der Waals surface area contributed by atoms with Crippen LogP contribution in [0.5, 0.6) is 0 Å². The van der Waals surface area contributed by atoms with Crippen LogP contribution < -0.4 is 22.1 Å². The number of hydrogen-bond acceptors (Lipinski definition) is 7. The van der Waals surface area contributed by atoms with Gasteiger partial charge in [-0.1, -0.05) is 25.4 Å². The van der Waals surface area contributed by atoms with E-state index in [0.29, 0.717) is 10.7 Å². The summed E-state index contributed by atoms with van der Waals surface area (Å²) in [6.45, 7) is 3.68. The molecule has 0 fully saturated rings. The predicted octanol–water partition coefficient (Wildman–Crippen LogP) is 1.29. The van der Waals surface area contributed by atoms with Gasteiger partial charge in [-0.3, -0.25) is 14.6 Å². The summed E-state index contributed by atoms with van der Waals surface area (Å²) >= 11 is 5.89. The van der Waals surface area contributed by atoms with Gasteiger partial charge in [-0.15, -0.1) is 0 Å². The largest absolute Gasteiger partial charge is 0.368 e. The molecule has 132 valence electrons. The molecule has 2 amide bonds. The molecule has 0 saturated carbocycles. The van der Waals surface area contributed by atoms with Crippen LogP contribution in [0.4, 0.5) is 17.3 Å². The van der Waals surface area contributed by atoms with Gasteiger partial charge < -0.3 is 22.1 Å². The summed E-state index contributed by atoms with van der Waals surface area (Å²) in [5, 5.41) is 6.19. The average molecular weight is 364 g/mol. The maximum Gasteiger partial charge on any atom is 0.271 e. The molecule has 0 aliphatic rings. The van der Waals surface area contributed by atoms with E-state index in [4.69, 9.17) is 23.1 Å². The smallest absolute Gasteiger partial charge is 0.271 e. The molecule has 6 N–H and O–H groups in total. The summed E-state index contributed by atoms with van der Waals surface area (Å²) in [6, 6.07) is 0.955. The number of primary amides is 2. The van der Waals surface area contributed by atoms with E-state index in [1.807, 2.05) is 13.8 Å². The molecule has 2 heterocycles. The van der Waals surface area contributed by atoms with Gasteiger partial charge in [0.25, 0.3) is 5.91 Å². The van der Waals surface area contributed by atoms with Crippen LogP contribution in [0.25, 0.3) is 0 Å². The maximum absolute atomic E-state index is 11.6. The minimum Gasteiger partial charge on any atom is -0.368 e. The standard InChI is InChI=1S/C15H18ClN7O2/c1-7(2)11(13(17)24)22-10-6-20-12(14(18)25)15(23-10)21-9-3-8(16)4-19-5-9/h3-7,11H,1-2H3,(H2,17,24)(H2,18,25)(H2,21,22,23). The Morgan fingerprint density at radius 1 is 1.20 bits per heavy atom. The fourth-order valence-electron chi connectivity index (χ4n) is 2.07. The van der Waals surface area contributed by atoms with Gasteiger partial charge in [0.2, 0.25) is 5.91 Å². The van der Waals surface area contributed by atoms with E-state index in [2.05, 4.69) is 25.6 Å². The second kappa shape index (κ2) is 7.75. The zero-order valence-corrected chi connectivity index (χ0v) is 14.4. The van der Waals surface area contributed by atoms with Crippen LogP contribution in [-0.4, -0.2) is 32.8 Å². The number of halogens is 1. The third-order valence-corrected chi connectivity index (χ3v) is 3.46. The Kier molecular flexibility index (Phi) is 5.71. The molecule has 2 aromatic heterocycles. The summed E-state index contributed by atoms with van der Waals surface area (Å²) in [6.07, 6.45) is 4.27. The van der Waals surface area contributed by atoms with Crippen LogP contribution >= 0.6 is 11.6 Å². The van der Waals surface area contributed by atoms with E-state index in [1.54, 1.807) is 6.07 Å². The number of anilines is 3. The number of nitrogens with two attached hydrogens (primary N) is 2. The number of carbonyl (C=O) groups is 2. The zero-order valence-electron chi connectivity index (χ0n) is 13.7. The van der Waals surface area contributed by atoms with E-state index in [1.165, 1.54) is 18.6 Å². The van der Waals surface area contributed by atoms with Crippen molar-refractivity contribution in [2.24, 2.45) is 17.4 Å². The predicted molar refractivity (Wildman–Crippen MR) is 94.5 cm³/mol. The maximum atomic E-state index is 11.6. The van der Waals surface area contributed by atoms with Gasteiger partial charge in [0, 0.05) is 6.20 Å². The van der Waals surface area contributed by atoms with Crippen molar-refractivity contribution < 1.29 is 9.59 Å². The monoisotopic (exact) mass is 363 g/mol. The zero-order chi connectivity index (χ0) is 18.6. The Morgan fingerprint density at radius 3 is 2.48 bits per heavy atom. The highest BCUT2D eigenvalue weighted by Crippen LogP contribution is 2.21. The number of rotatable bonds is 7. The van der Waals surface area contributed by atoms with Crippen molar-refractivity contribution in [1.29, 1.82) is 0 Å². The highest BCUT2D eigenvalue weighted by atomic mass is 35.5. The Morgan fingerprint density at radius 2 is 1.92 bits per heavy atom.